The molecule has 0 spiro atoms. The second-order valence-corrected chi connectivity index (χ2v) is 10.0. The Morgan fingerprint density at radius 2 is 1.79 bits per heavy atom. The van der Waals surface area contributed by atoms with Crippen LogP contribution >= 0.6 is 11.6 Å². The summed E-state index contributed by atoms with van der Waals surface area (Å²) in [4.78, 5) is 31.3. The average molecular weight is 618 g/mol. The van der Waals surface area contributed by atoms with Crippen molar-refractivity contribution in [2.24, 2.45) is 0 Å². The summed E-state index contributed by atoms with van der Waals surface area (Å²) >= 11 is 6.50. The van der Waals surface area contributed by atoms with Gasteiger partial charge in [0.1, 0.15) is 36.3 Å². The third-order valence-electron chi connectivity index (χ3n) is 6.66. The molecule has 13 nitrogen and oxygen atoms in total. The van der Waals surface area contributed by atoms with Crippen LogP contribution in [0.1, 0.15) is 10.4 Å². The zero-order valence-electron chi connectivity index (χ0n) is 21.8. The van der Waals surface area contributed by atoms with Crippen LogP contribution in [0.3, 0.4) is 0 Å². The summed E-state index contributed by atoms with van der Waals surface area (Å²) in [5, 5.41) is 51.3. The van der Waals surface area contributed by atoms with Crippen molar-refractivity contribution in [3.05, 3.63) is 56.6 Å². The number of aromatic nitrogens is 2. The summed E-state index contributed by atoms with van der Waals surface area (Å²) < 4.78 is 49.8. The van der Waals surface area contributed by atoms with Crippen molar-refractivity contribution in [3.63, 3.8) is 0 Å². The van der Waals surface area contributed by atoms with Crippen LogP contribution in [0.15, 0.2) is 23.1 Å². The number of aliphatic hydroxyl groups excluding tert-OH is 5. The normalized spacial score (nSPS) is 16.7. The molecule has 0 saturated carbocycles. The number of pyridine rings is 2. The van der Waals surface area contributed by atoms with Crippen molar-refractivity contribution < 1.29 is 48.2 Å². The average Bonchev–Trinajstić information content (AvgIpc) is 2.92. The first-order valence-corrected chi connectivity index (χ1v) is 12.8. The van der Waals surface area contributed by atoms with Crippen LogP contribution in [0.4, 0.5) is 24.7 Å². The summed E-state index contributed by atoms with van der Waals surface area (Å²) in [6.45, 7) is -1.11. The van der Waals surface area contributed by atoms with E-state index in [0.717, 1.165) is 16.8 Å². The number of nitrogens with zero attached hydrogens (tertiary/aromatic N) is 3. The topological polar surface area (TPSA) is 204 Å². The predicted octanol–water partition coefficient (Wildman–Crippen LogP) is -0.961. The van der Waals surface area contributed by atoms with Gasteiger partial charge in [0.2, 0.25) is 5.43 Å². The van der Waals surface area contributed by atoms with E-state index in [0.29, 0.717) is 6.07 Å². The number of halogens is 4. The Hall–Kier alpha value is -3.51. The van der Waals surface area contributed by atoms with Gasteiger partial charge in [-0.25, -0.2) is 22.9 Å². The van der Waals surface area contributed by atoms with Crippen molar-refractivity contribution in [2.75, 3.05) is 43.9 Å². The summed E-state index contributed by atoms with van der Waals surface area (Å²) in [7, 11) is 1.47. The number of aliphatic hydroxyl groups is 5. The lowest BCUT2D eigenvalue weighted by Gasteiger charge is -2.38. The van der Waals surface area contributed by atoms with Crippen LogP contribution < -0.4 is 21.4 Å². The number of likely N-dealkylation sites (N-methyl/N-ethyl adjacent to an activating group) is 1. The van der Waals surface area contributed by atoms with Gasteiger partial charge in [-0.05, 0) is 13.1 Å². The largest absolute Gasteiger partial charge is 0.459 e. The highest BCUT2D eigenvalue weighted by Crippen LogP contribution is 2.38. The Bertz CT molecular complexity index is 1570. The predicted molar refractivity (Wildman–Crippen MR) is 143 cm³/mol. The molecule has 4 rings (SSSR count). The highest BCUT2D eigenvalue weighted by Gasteiger charge is 2.33. The number of nitrogens with two attached hydrogens (primary N) is 1. The number of carbonyl (C=O) groups is 1. The van der Waals surface area contributed by atoms with Crippen molar-refractivity contribution in [1.29, 1.82) is 0 Å². The third kappa shape index (κ3) is 5.87. The molecule has 0 amide bonds. The Labute approximate surface area is 240 Å². The first kappa shape index (κ1) is 31.4. The number of carbonyl (C=O) groups excluding carboxylic acids is 1. The van der Waals surface area contributed by atoms with Gasteiger partial charge >= 0.3 is 5.97 Å². The maximum Gasteiger partial charge on any atom is 0.343 e. The van der Waals surface area contributed by atoms with E-state index in [-0.39, 0.29) is 30.8 Å². The van der Waals surface area contributed by atoms with Crippen molar-refractivity contribution >= 4 is 40.0 Å². The van der Waals surface area contributed by atoms with Gasteiger partial charge in [-0.3, -0.25) is 9.36 Å². The van der Waals surface area contributed by atoms with Gasteiger partial charge in [-0.15, -0.1) is 0 Å². The molecule has 1 saturated heterocycles. The fraction of sp³-hybridized carbons (Fsp3) is 0.400. The molecule has 17 heteroatoms. The number of anilines is 2. The Morgan fingerprint density at radius 1 is 1.14 bits per heavy atom. The Morgan fingerprint density at radius 3 is 2.40 bits per heavy atom. The summed E-state index contributed by atoms with van der Waals surface area (Å²) in [6.07, 6.45) is -7.24. The second-order valence-electron chi connectivity index (χ2n) is 9.65. The molecule has 1 aliphatic heterocycles. The molecule has 8 N–H and O–H groups in total. The fourth-order valence-electron chi connectivity index (χ4n) is 4.41. The number of hydrogen-bond acceptors (Lipinski definition) is 12. The van der Waals surface area contributed by atoms with E-state index in [1.54, 1.807) is 0 Å². The van der Waals surface area contributed by atoms with E-state index in [9.17, 15) is 43.9 Å². The highest BCUT2D eigenvalue weighted by atomic mass is 35.5. The van der Waals surface area contributed by atoms with Crippen LogP contribution in [0.25, 0.3) is 16.7 Å². The number of fused-ring (bicyclic) bond motifs is 1. The summed E-state index contributed by atoms with van der Waals surface area (Å²) in [5.41, 5.74) is 3.00. The van der Waals surface area contributed by atoms with Crippen LogP contribution in [-0.2, 0) is 4.74 Å². The number of nitrogens with one attached hydrogen (secondary N) is 1. The number of benzene rings is 1. The van der Waals surface area contributed by atoms with E-state index < -0.39 is 93.6 Å². The minimum absolute atomic E-state index is 0.00174. The number of β-amino-alcohol motifs (C(OH)–C–C–N with tert-alkyl or cyclic N) is 1. The van der Waals surface area contributed by atoms with Crippen molar-refractivity contribution in [2.45, 2.75) is 30.5 Å². The van der Waals surface area contributed by atoms with E-state index in [4.69, 9.17) is 22.1 Å². The van der Waals surface area contributed by atoms with Gasteiger partial charge in [0, 0.05) is 31.9 Å². The van der Waals surface area contributed by atoms with E-state index >= 15 is 4.39 Å². The van der Waals surface area contributed by atoms with Gasteiger partial charge in [-0.1, -0.05) is 11.6 Å². The molecule has 3 aromatic rings. The van der Waals surface area contributed by atoms with E-state index in [1.807, 2.05) is 0 Å². The molecule has 0 bridgehead atoms. The Balaban J connectivity index is 1.79. The molecule has 1 aromatic carbocycles. The lowest BCUT2D eigenvalue weighted by Crippen LogP contribution is -2.51. The smallest absolute Gasteiger partial charge is 0.343 e. The molecule has 0 aliphatic carbocycles. The quantitative estimate of drug-likeness (QED) is 0.138. The summed E-state index contributed by atoms with van der Waals surface area (Å²) in [5.74, 6) is -6.39. The highest BCUT2D eigenvalue weighted by molar-refractivity contribution is 6.38. The molecule has 228 valence electrons. The number of esters is 1. The van der Waals surface area contributed by atoms with E-state index in [2.05, 4.69) is 10.3 Å². The van der Waals surface area contributed by atoms with Crippen molar-refractivity contribution in [1.82, 2.24) is 14.9 Å². The molecule has 1 fully saturated rings. The first-order valence-electron chi connectivity index (χ1n) is 12.4. The zero-order valence-corrected chi connectivity index (χ0v) is 22.6. The van der Waals surface area contributed by atoms with Crippen molar-refractivity contribution in [3.8, 4) is 5.82 Å². The van der Waals surface area contributed by atoms with Gasteiger partial charge in [0.25, 0.3) is 0 Å². The van der Waals surface area contributed by atoms with Gasteiger partial charge in [0.05, 0.1) is 33.8 Å². The molecule has 2 aromatic heterocycles. The standard InChI is InChI=1S/C25H27ClF3N5O8/c1-31-4-15(36)21(39)22(40)16(37)8-42-25(41)11-7-34(24-14(29)3-13(28)23(30)32-24)18-10(20(11)38)2-12(27)19(17(18)26)33-5-9(35)6-33/h2-3,7,9,15-16,21-22,31,35-37,39-40H,4-6,8H2,1H3,(H2,30,32)/t15-,16+,21+,22+/m0/s1. The lowest BCUT2D eigenvalue weighted by molar-refractivity contribution is -0.115. The monoisotopic (exact) mass is 617 g/mol. The van der Waals surface area contributed by atoms with Crippen LogP contribution in [0.5, 0.6) is 0 Å². The van der Waals surface area contributed by atoms with Gasteiger partial charge in [-0.2, -0.15) is 0 Å². The minimum Gasteiger partial charge on any atom is -0.459 e. The molecule has 0 unspecified atom stereocenters. The zero-order chi connectivity index (χ0) is 31.0. The fourth-order valence-corrected chi connectivity index (χ4v) is 4.81. The molecular formula is C25H27ClF3N5O8. The minimum atomic E-state index is -1.97. The molecule has 42 heavy (non-hydrogen) atoms. The third-order valence-corrected chi connectivity index (χ3v) is 7.02. The maximum atomic E-state index is 15.2. The number of nitrogen functional groups attached to an aromatic ring is 1. The Kier molecular flexibility index (Phi) is 9.27. The second kappa shape index (κ2) is 12.4. The van der Waals surface area contributed by atoms with Crippen LogP contribution in [0.2, 0.25) is 5.02 Å². The number of rotatable bonds is 10. The number of ether oxygens (including phenoxy) is 1. The molecule has 1 aliphatic rings. The SMILES string of the molecule is CNC[C@H](O)[C@@H](O)[C@H](O)[C@H](O)COC(=O)c1cn(-c2nc(N)c(F)cc2F)c2c(Cl)c(N3CC(O)C3)c(F)cc2c1=O. The van der Waals surface area contributed by atoms with E-state index in [1.165, 1.54) is 11.9 Å². The molecule has 4 atom stereocenters. The van der Waals surface area contributed by atoms with Gasteiger partial charge < -0.3 is 46.2 Å². The van der Waals surface area contributed by atoms with Crippen LogP contribution in [0, 0.1) is 17.5 Å². The van der Waals surface area contributed by atoms with Crippen LogP contribution in [-0.4, -0.2) is 105 Å². The molecule has 0 radical (unpaired) electrons. The molecular weight excluding hydrogens is 591 g/mol. The summed E-state index contributed by atoms with van der Waals surface area (Å²) in [6, 6.07) is 1.13. The lowest BCUT2D eigenvalue weighted by atomic mass is 10.0. The number of hydrogen-bond donors (Lipinski definition) is 7. The maximum absolute atomic E-state index is 15.2. The first-order chi connectivity index (χ1) is 19.8. The molecule has 3 heterocycles. The van der Waals surface area contributed by atoms with Gasteiger partial charge in [0.15, 0.2) is 23.3 Å².